The number of nitrogens with zero attached hydrogens (tertiary/aromatic N) is 2. The summed E-state index contributed by atoms with van der Waals surface area (Å²) in [6, 6.07) is 4.68. The van der Waals surface area contributed by atoms with Gasteiger partial charge in [-0.15, -0.1) is 0 Å². The van der Waals surface area contributed by atoms with Crippen LogP contribution in [0.3, 0.4) is 0 Å². The third-order valence-corrected chi connectivity index (χ3v) is 5.89. The Kier molecular flexibility index (Phi) is 3.03. The molecule has 1 aromatic heterocycles. The first kappa shape index (κ1) is 14.9. The van der Waals surface area contributed by atoms with Crippen LogP contribution in [0.1, 0.15) is 29.3 Å². The summed E-state index contributed by atoms with van der Waals surface area (Å²) in [6.07, 6.45) is 0.988. The first-order chi connectivity index (χ1) is 10.8. The van der Waals surface area contributed by atoms with Crippen LogP contribution in [0.4, 0.5) is 4.39 Å². The summed E-state index contributed by atoms with van der Waals surface area (Å²) in [5.74, 6) is -0.474. The normalized spacial score (nSPS) is 24.4. The van der Waals surface area contributed by atoms with E-state index in [0.29, 0.717) is 21.9 Å². The Labute approximate surface area is 142 Å². The van der Waals surface area contributed by atoms with E-state index in [-0.39, 0.29) is 23.6 Å². The lowest BCUT2D eigenvalue weighted by atomic mass is 9.93. The smallest absolute Gasteiger partial charge is 0.223 e. The summed E-state index contributed by atoms with van der Waals surface area (Å²) in [7, 11) is 1.84. The van der Waals surface area contributed by atoms with Crippen molar-refractivity contribution in [2.24, 2.45) is 12.8 Å². The summed E-state index contributed by atoms with van der Waals surface area (Å²) in [5.41, 5.74) is 7.58. The van der Waals surface area contributed by atoms with Crippen molar-refractivity contribution in [3.05, 3.63) is 50.8 Å². The second-order valence-corrected chi connectivity index (χ2v) is 7.24. The number of imidazole rings is 1. The van der Waals surface area contributed by atoms with E-state index in [1.807, 2.05) is 16.2 Å². The molecule has 1 fully saturated rings. The minimum absolute atomic E-state index is 0.146. The summed E-state index contributed by atoms with van der Waals surface area (Å²) < 4.78 is 18.8. The second-order valence-electron chi connectivity index (χ2n) is 6.44. The van der Waals surface area contributed by atoms with Gasteiger partial charge in [0.15, 0.2) is 4.77 Å². The van der Waals surface area contributed by atoms with E-state index in [9.17, 15) is 9.18 Å². The summed E-state index contributed by atoms with van der Waals surface area (Å²) >= 11 is 11.5. The molecule has 1 aliphatic heterocycles. The van der Waals surface area contributed by atoms with Crippen LogP contribution in [0.2, 0.25) is 5.02 Å². The van der Waals surface area contributed by atoms with Crippen molar-refractivity contribution < 1.29 is 9.18 Å². The zero-order valence-corrected chi connectivity index (χ0v) is 14.0. The molecule has 0 bridgehead atoms. The van der Waals surface area contributed by atoms with Crippen LogP contribution in [-0.4, -0.2) is 15.0 Å². The quantitative estimate of drug-likeness (QED) is 0.864. The van der Waals surface area contributed by atoms with E-state index in [4.69, 9.17) is 29.6 Å². The van der Waals surface area contributed by atoms with Crippen molar-refractivity contribution in [3.8, 4) is 0 Å². The number of rotatable bonds is 3. The van der Waals surface area contributed by atoms with Gasteiger partial charge < -0.3 is 14.9 Å². The molecular weight excluding hydrogens is 337 g/mol. The summed E-state index contributed by atoms with van der Waals surface area (Å²) in [4.78, 5) is 11.4. The molecule has 4 rings (SSSR count). The molecule has 1 aromatic carbocycles. The number of hydrogen-bond acceptors (Lipinski definition) is 2. The highest BCUT2D eigenvalue weighted by atomic mass is 35.5. The maximum Gasteiger partial charge on any atom is 0.223 e. The van der Waals surface area contributed by atoms with Gasteiger partial charge in [0.2, 0.25) is 5.91 Å². The fourth-order valence-electron chi connectivity index (χ4n) is 4.03. The lowest BCUT2D eigenvalue weighted by molar-refractivity contribution is -0.117. The van der Waals surface area contributed by atoms with Crippen LogP contribution >= 0.6 is 23.8 Å². The number of aromatic nitrogens is 2. The average molecular weight is 352 g/mol. The Morgan fingerprint density at radius 3 is 3.00 bits per heavy atom. The lowest BCUT2D eigenvalue weighted by Crippen LogP contribution is -2.17. The van der Waals surface area contributed by atoms with Crippen molar-refractivity contribution in [1.82, 2.24) is 9.13 Å². The van der Waals surface area contributed by atoms with Crippen LogP contribution in [0.15, 0.2) is 18.2 Å². The molecule has 1 saturated carbocycles. The van der Waals surface area contributed by atoms with Crippen LogP contribution in [-0.2, 0) is 30.2 Å². The number of halogens is 2. The highest BCUT2D eigenvalue weighted by Crippen LogP contribution is 2.66. The molecule has 2 aliphatic rings. The highest BCUT2D eigenvalue weighted by molar-refractivity contribution is 7.71. The minimum Gasteiger partial charge on any atom is -0.369 e. The predicted octanol–water partition coefficient (Wildman–Crippen LogP) is 2.82. The maximum absolute atomic E-state index is 14.3. The molecule has 0 saturated heterocycles. The van der Waals surface area contributed by atoms with E-state index in [2.05, 4.69) is 0 Å². The monoisotopic (exact) mass is 351 g/mol. The first-order valence-electron chi connectivity index (χ1n) is 7.37. The number of primary amides is 1. The Morgan fingerprint density at radius 1 is 1.57 bits per heavy atom. The molecule has 0 radical (unpaired) electrons. The largest absolute Gasteiger partial charge is 0.369 e. The fourth-order valence-corrected chi connectivity index (χ4v) is 4.47. The first-order valence-corrected chi connectivity index (χ1v) is 8.16. The molecule has 120 valence electrons. The Hall–Kier alpha value is -1.66. The zero-order valence-electron chi connectivity index (χ0n) is 12.5. The minimum atomic E-state index is -0.393. The SMILES string of the molecule is Cn1c(CC(N)=O)c2n(c1=S)C[C@@]1(c3cc(Cl)ccc3F)C[C@@H]21. The fraction of sp³-hybridized carbons (Fsp3) is 0.375. The third kappa shape index (κ3) is 1.94. The molecule has 2 heterocycles. The van der Waals surface area contributed by atoms with Gasteiger partial charge >= 0.3 is 0 Å². The van der Waals surface area contributed by atoms with Gasteiger partial charge in [-0.25, -0.2) is 4.39 Å². The molecule has 23 heavy (non-hydrogen) atoms. The van der Waals surface area contributed by atoms with Gasteiger partial charge in [-0.2, -0.15) is 0 Å². The molecule has 1 aliphatic carbocycles. The number of nitrogens with two attached hydrogens (primary N) is 1. The van der Waals surface area contributed by atoms with E-state index < -0.39 is 5.91 Å². The van der Waals surface area contributed by atoms with Gasteiger partial charge in [-0.05, 0) is 42.4 Å². The van der Waals surface area contributed by atoms with E-state index in [0.717, 1.165) is 17.8 Å². The van der Waals surface area contributed by atoms with Crippen molar-refractivity contribution in [2.45, 2.75) is 30.7 Å². The molecule has 1 amide bonds. The second kappa shape index (κ2) is 4.68. The van der Waals surface area contributed by atoms with Gasteiger partial charge in [0.05, 0.1) is 6.42 Å². The number of carbonyl (C=O) groups excluding carboxylic acids is 1. The Morgan fingerprint density at radius 2 is 2.30 bits per heavy atom. The maximum atomic E-state index is 14.3. The van der Waals surface area contributed by atoms with Gasteiger partial charge in [0.1, 0.15) is 5.82 Å². The van der Waals surface area contributed by atoms with Gasteiger partial charge in [-0.3, -0.25) is 4.79 Å². The summed E-state index contributed by atoms with van der Waals surface area (Å²) in [5, 5.41) is 0.527. The zero-order chi connectivity index (χ0) is 16.5. The van der Waals surface area contributed by atoms with Crippen molar-refractivity contribution in [1.29, 1.82) is 0 Å². The topological polar surface area (TPSA) is 52.9 Å². The van der Waals surface area contributed by atoms with E-state index in [1.165, 1.54) is 6.07 Å². The van der Waals surface area contributed by atoms with Crippen LogP contribution in [0, 0.1) is 10.6 Å². The van der Waals surface area contributed by atoms with Crippen molar-refractivity contribution in [3.63, 3.8) is 0 Å². The van der Waals surface area contributed by atoms with Gasteiger partial charge in [0, 0.05) is 41.3 Å². The van der Waals surface area contributed by atoms with Gasteiger partial charge in [-0.1, -0.05) is 11.6 Å². The van der Waals surface area contributed by atoms with Crippen LogP contribution < -0.4 is 5.73 Å². The molecule has 7 heteroatoms. The molecule has 2 aromatic rings. The number of fused-ring (bicyclic) bond motifs is 3. The molecule has 0 unspecified atom stereocenters. The van der Waals surface area contributed by atoms with Gasteiger partial charge in [0.25, 0.3) is 0 Å². The summed E-state index contributed by atoms with van der Waals surface area (Å²) in [6.45, 7) is 0.621. The van der Waals surface area contributed by atoms with Crippen molar-refractivity contribution >= 4 is 29.7 Å². The third-order valence-electron chi connectivity index (χ3n) is 5.16. The molecule has 4 nitrogen and oxygen atoms in total. The number of amides is 1. The Bertz CT molecular complexity index is 919. The number of carbonyl (C=O) groups is 1. The molecular formula is C16H15ClFN3OS. The average Bonchev–Trinajstić information content (AvgIpc) is 3.05. The molecule has 2 atom stereocenters. The van der Waals surface area contributed by atoms with Crippen LogP contribution in [0.5, 0.6) is 0 Å². The molecule has 0 spiro atoms. The lowest BCUT2D eigenvalue weighted by Gasteiger charge is -2.15. The number of hydrogen-bond donors (Lipinski definition) is 1. The van der Waals surface area contributed by atoms with Crippen molar-refractivity contribution in [2.75, 3.05) is 0 Å². The van der Waals surface area contributed by atoms with E-state index >= 15 is 0 Å². The standard InChI is InChI=1S/C16H15ClFN3OS/c1-20-12(5-13(19)22)14-10-6-16(10,7-21(14)15(20)23)9-4-8(17)2-3-11(9)18/h2-4,10H,5-7H2,1H3,(H2,19,22)/t10-,16+/m0/s1. The van der Waals surface area contributed by atoms with E-state index in [1.54, 1.807) is 12.1 Å². The highest BCUT2D eigenvalue weighted by Gasteiger charge is 2.63. The predicted molar refractivity (Wildman–Crippen MR) is 87.6 cm³/mol. The number of benzene rings is 1. The molecule has 2 N–H and O–H groups in total. The Balaban J connectivity index is 1.84. The van der Waals surface area contributed by atoms with Crippen LogP contribution in [0.25, 0.3) is 0 Å².